The number of carboxylic acids is 2. The molecule has 0 heterocycles. The molecule has 82 valence electrons. The SMILES string of the molecule is CCCl.O=C(O)c1ccccc1C(=O)O. The molecular formula is C10H11ClO4. The van der Waals surface area contributed by atoms with Gasteiger partial charge in [0.2, 0.25) is 0 Å². The van der Waals surface area contributed by atoms with Crippen molar-refractivity contribution in [3.05, 3.63) is 35.4 Å². The third-order valence-corrected chi connectivity index (χ3v) is 1.39. The van der Waals surface area contributed by atoms with Crippen LogP contribution in [0.2, 0.25) is 0 Å². The molecule has 0 saturated carbocycles. The summed E-state index contributed by atoms with van der Waals surface area (Å²) in [7, 11) is 0. The van der Waals surface area contributed by atoms with Gasteiger partial charge in [0.05, 0.1) is 11.1 Å². The Hall–Kier alpha value is -1.55. The molecule has 0 saturated heterocycles. The fourth-order valence-corrected chi connectivity index (χ4v) is 0.856. The molecule has 1 rings (SSSR count). The molecule has 1 aromatic carbocycles. The molecule has 4 nitrogen and oxygen atoms in total. The van der Waals surface area contributed by atoms with Gasteiger partial charge in [0, 0.05) is 5.88 Å². The summed E-state index contributed by atoms with van der Waals surface area (Å²) in [6.45, 7) is 1.89. The molecule has 0 radical (unpaired) electrons. The molecular weight excluding hydrogens is 220 g/mol. The molecule has 0 bridgehead atoms. The number of hydrogen-bond donors (Lipinski definition) is 2. The molecule has 0 aliphatic rings. The summed E-state index contributed by atoms with van der Waals surface area (Å²) < 4.78 is 0. The van der Waals surface area contributed by atoms with Crippen LogP contribution in [0, 0.1) is 0 Å². The van der Waals surface area contributed by atoms with Gasteiger partial charge in [-0.2, -0.15) is 0 Å². The third kappa shape index (κ3) is 4.46. The van der Waals surface area contributed by atoms with E-state index >= 15 is 0 Å². The van der Waals surface area contributed by atoms with Crippen LogP contribution in [0.5, 0.6) is 0 Å². The normalized spacial score (nSPS) is 8.67. The van der Waals surface area contributed by atoms with Crippen LogP contribution in [-0.4, -0.2) is 28.0 Å². The molecule has 0 unspecified atom stereocenters. The highest BCUT2D eigenvalue weighted by atomic mass is 35.5. The summed E-state index contributed by atoms with van der Waals surface area (Å²) >= 11 is 5.00. The molecule has 0 fully saturated rings. The van der Waals surface area contributed by atoms with Crippen LogP contribution >= 0.6 is 11.6 Å². The van der Waals surface area contributed by atoms with Crippen molar-refractivity contribution in [1.29, 1.82) is 0 Å². The fourth-order valence-electron chi connectivity index (χ4n) is 0.856. The number of hydrogen-bond acceptors (Lipinski definition) is 2. The van der Waals surface area contributed by atoms with Crippen molar-refractivity contribution < 1.29 is 19.8 Å². The summed E-state index contributed by atoms with van der Waals surface area (Å²) in [5, 5.41) is 17.1. The van der Waals surface area contributed by atoms with Crippen molar-refractivity contribution in [3.63, 3.8) is 0 Å². The van der Waals surface area contributed by atoms with Gasteiger partial charge in [0.25, 0.3) is 0 Å². The summed E-state index contributed by atoms with van der Waals surface area (Å²) in [6, 6.07) is 5.48. The maximum absolute atomic E-state index is 10.5. The van der Waals surface area contributed by atoms with Crippen molar-refractivity contribution >= 4 is 23.5 Å². The van der Waals surface area contributed by atoms with Crippen molar-refractivity contribution in [2.45, 2.75) is 6.92 Å². The Bertz CT molecular complexity index is 316. The number of aromatic carboxylic acids is 2. The van der Waals surface area contributed by atoms with E-state index in [1.54, 1.807) is 0 Å². The van der Waals surface area contributed by atoms with Gasteiger partial charge in [-0.15, -0.1) is 11.6 Å². The molecule has 15 heavy (non-hydrogen) atoms. The average Bonchev–Trinajstić information content (AvgIpc) is 2.19. The highest BCUT2D eigenvalue weighted by molar-refractivity contribution is 6.17. The van der Waals surface area contributed by atoms with Crippen molar-refractivity contribution in [2.24, 2.45) is 0 Å². The lowest BCUT2D eigenvalue weighted by Crippen LogP contribution is -2.06. The number of halogens is 1. The first-order valence-corrected chi connectivity index (χ1v) is 4.69. The zero-order valence-corrected chi connectivity index (χ0v) is 8.86. The molecule has 1 aromatic rings. The Kier molecular flexibility index (Phi) is 6.13. The zero-order chi connectivity index (χ0) is 11.8. The van der Waals surface area contributed by atoms with Gasteiger partial charge < -0.3 is 10.2 Å². The second-order valence-electron chi connectivity index (χ2n) is 2.42. The monoisotopic (exact) mass is 230 g/mol. The lowest BCUT2D eigenvalue weighted by atomic mass is 10.1. The quantitative estimate of drug-likeness (QED) is 0.765. The van der Waals surface area contributed by atoms with Crippen molar-refractivity contribution in [1.82, 2.24) is 0 Å². The Morgan fingerprint density at radius 3 is 1.60 bits per heavy atom. The molecule has 0 aromatic heterocycles. The topological polar surface area (TPSA) is 74.6 Å². The van der Waals surface area contributed by atoms with Crippen LogP contribution in [0.25, 0.3) is 0 Å². The Labute approximate surface area is 92.1 Å². The van der Waals surface area contributed by atoms with Gasteiger partial charge in [-0.05, 0) is 12.1 Å². The molecule has 0 aliphatic heterocycles. The molecule has 5 heteroatoms. The lowest BCUT2D eigenvalue weighted by Gasteiger charge is -1.98. The van der Waals surface area contributed by atoms with E-state index < -0.39 is 11.9 Å². The zero-order valence-electron chi connectivity index (χ0n) is 8.11. The third-order valence-electron chi connectivity index (χ3n) is 1.39. The number of rotatable bonds is 2. The van der Waals surface area contributed by atoms with Gasteiger partial charge in [-0.25, -0.2) is 9.59 Å². The van der Waals surface area contributed by atoms with E-state index in [4.69, 9.17) is 21.8 Å². The van der Waals surface area contributed by atoms with Crippen LogP contribution in [-0.2, 0) is 0 Å². The molecule has 0 atom stereocenters. The average molecular weight is 231 g/mol. The largest absolute Gasteiger partial charge is 0.478 e. The summed E-state index contributed by atoms with van der Waals surface area (Å²) in [4.78, 5) is 20.9. The predicted octanol–water partition coefficient (Wildman–Crippen LogP) is 2.33. The van der Waals surface area contributed by atoms with E-state index in [1.807, 2.05) is 6.92 Å². The van der Waals surface area contributed by atoms with Crippen LogP contribution < -0.4 is 0 Å². The predicted molar refractivity (Wildman–Crippen MR) is 56.8 cm³/mol. The Morgan fingerprint density at radius 2 is 1.40 bits per heavy atom. The Morgan fingerprint density at radius 1 is 1.13 bits per heavy atom. The highest BCUT2D eigenvalue weighted by Gasteiger charge is 2.13. The number of carboxylic acid groups (broad SMARTS) is 2. The van der Waals surface area contributed by atoms with E-state index in [1.165, 1.54) is 24.3 Å². The van der Waals surface area contributed by atoms with E-state index in [-0.39, 0.29) is 11.1 Å². The van der Waals surface area contributed by atoms with Gasteiger partial charge in [0.15, 0.2) is 0 Å². The first-order valence-electron chi connectivity index (χ1n) is 4.16. The van der Waals surface area contributed by atoms with Gasteiger partial charge >= 0.3 is 11.9 Å². The molecule has 2 N–H and O–H groups in total. The lowest BCUT2D eigenvalue weighted by molar-refractivity contribution is 0.0651. The van der Waals surface area contributed by atoms with Gasteiger partial charge in [-0.3, -0.25) is 0 Å². The minimum atomic E-state index is -1.23. The minimum Gasteiger partial charge on any atom is -0.478 e. The fraction of sp³-hybridized carbons (Fsp3) is 0.200. The molecule has 0 spiro atoms. The van der Waals surface area contributed by atoms with Crippen LogP contribution in [0.3, 0.4) is 0 Å². The van der Waals surface area contributed by atoms with E-state index in [0.717, 1.165) is 5.88 Å². The maximum atomic E-state index is 10.5. The minimum absolute atomic E-state index is 0.190. The van der Waals surface area contributed by atoms with Gasteiger partial charge in [-0.1, -0.05) is 19.1 Å². The second kappa shape index (κ2) is 6.84. The first kappa shape index (κ1) is 13.4. The van der Waals surface area contributed by atoms with Gasteiger partial charge in [0.1, 0.15) is 0 Å². The van der Waals surface area contributed by atoms with E-state index in [9.17, 15) is 9.59 Å². The molecule has 0 aliphatic carbocycles. The smallest absolute Gasteiger partial charge is 0.336 e. The van der Waals surface area contributed by atoms with E-state index in [0.29, 0.717) is 0 Å². The van der Waals surface area contributed by atoms with Crippen molar-refractivity contribution in [3.8, 4) is 0 Å². The van der Waals surface area contributed by atoms with Crippen molar-refractivity contribution in [2.75, 3.05) is 5.88 Å². The van der Waals surface area contributed by atoms with E-state index in [2.05, 4.69) is 0 Å². The van der Waals surface area contributed by atoms with Crippen LogP contribution in [0.4, 0.5) is 0 Å². The number of alkyl halides is 1. The second-order valence-corrected chi connectivity index (χ2v) is 2.96. The standard InChI is InChI=1S/C8H6O4.C2H5Cl/c9-7(10)5-3-1-2-4-6(5)8(11)12;1-2-3/h1-4H,(H,9,10)(H,11,12);2H2,1H3. The summed E-state index contributed by atoms with van der Waals surface area (Å²) in [6.07, 6.45) is 0. The first-order chi connectivity index (χ1) is 7.04. The Balaban J connectivity index is 0.000000583. The summed E-state index contributed by atoms with van der Waals surface area (Å²) in [5.74, 6) is -1.74. The molecule has 0 amide bonds. The number of benzene rings is 1. The maximum Gasteiger partial charge on any atom is 0.336 e. The van der Waals surface area contributed by atoms with Crippen LogP contribution in [0.1, 0.15) is 27.6 Å². The summed E-state index contributed by atoms with van der Waals surface area (Å²) in [5.41, 5.74) is -0.380. The highest BCUT2D eigenvalue weighted by Crippen LogP contribution is 2.07. The van der Waals surface area contributed by atoms with Crippen LogP contribution in [0.15, 0.2) is 24.3 Å². The number of carbonyl (C=O) groups is 2.